The number of rotatable bonds is 6. The lowest BCUT2D eigenvalue weighted by atomic mass is 9.90. The predicted molar refractivity (Wildman–Crippen MR) is 57.9 cm³/mol. The third-order valence-electron chi connectivity index (χ3n) is 1.80. The molecule has 0 bridgehead atoms. The summed E-state index contributed by atoms with van der Waals surface area (Å²) in [5, 5.41) is 0. The van der Waals surface area contributed by atoms with E-state index in [4.69, 9.17) is 9.31 Å². The largest absolute Gasteiger partial charge is 0.454 e. The molecule has 0 saturated heterocycles. The molecule has 0 aromatic carbocycles. The van der Waals surface area contributed by atoms with Gasteiger partial charge in [0, 0.05) is 11.7 Å². The van der Waals surface area contributed by atoms with Crippen LogP contribution in [0.25, 0.3) is 0 Å². The van der Waals surface area contributed by atoms with Crippen LogP contribution in [0.4, 0.5) is 0 Å². The maximum Gasteiger partial charge on any atom is 0.454 e. The van der Waals surface area contributed by atoms with Gasteiger partial charge in [-0.25, -0.2) is 0 Å². The average molecular weight is 186 g/mol. The highest BCUT2D eigenvalue weighted by Gasteiger charge is 2.24. The first-order chi connectivity index (χ1) is 5.87. The summed E-state index contributed by atoms with van der Waals surface area (Å²) in [6, 6.07) is 0. The maximum absolute atomic E-state index is 5.77. The van der Waals surface area contributed by atoms with E-state index in [1.165, 1.54) is 0 Å². The van der Waals surface area contributed by atoms with Crippen molar-refractivity contribution in [2.45, 2.75) is 66.0 Å². The smallest absolute Gasteiger partial charge is 0.409 e. The van der Waals surface area contributed by atoms with E-state index in [-0.39, 0.29) is 18.8 Å². The van der Waals surface area contributed by atoms with Gasteiger partial charge in [0.15, 0.2) is 0 Å². The highest BCUT2D eigenvalue weighted by Crippen LogP contribution is 2.18. The summed E-state index contributed by atoms with van der Waals surface area (Å²) >= 11 is 0. The summed E-state index contributed by atoms with van der Waals surface area (Å²) in [5.41, 5.74) is -0.0664. The molecular formula is C10H23BO2. The van der Waals surface area contributed by atoms with Crippen LogP contribution in [0.15, 0.2) is 0 Å². The topological polar surface area (TPSA) is 18.5 Å². The zero-order chi connectivity index (χ0) is 10.5. The molecule has 0 N–H and O–H groups in total. The van der Waals surface area contributed by atoms with Crippen molar-refractivity contribution >= 4 is 7.12 Å². The fraction of sp³-hybridized carbons (Fsp3) is 1.00. The third kappa shape index (κ3) is 7.09. The van der Waals surface area contributed by atoms with Crippen LogP contribution >= 0.6 is 0 Å². The van der Waals surface area contributed by atoms with Crippen LogP contribution in [0, 0.1) is 0 Å². The minimum atomic E-state index is -0.110. The molecule has 0 amide bonds. The van der Waals surface area contributed by atoms with Gasteiger partial charge in [-0.2, -0.15) is 0 Å². The van der Waals surface area contributed by atoms with Crippen molar-refractivity contribution in [2.24, 2.45) is 0 Å². The van der Waals surface area contributed by atoms with Crippen molar-refractivity contribution in [3.8, 4) is 0 Å². The molecule has 13 heavy (non-hydrogen) atoms. The molecule has 0 heterocycles. The molecule has 0 aliphatic carbocycles. The lowest BCUT2D eigenvalue weighted by Crippen LogP contribution is -2.34. The lowest BCUT2D eigenvalue weighted by Gasteiger charge is -2.28. The van der Waals surface area contributed by atoms with Gasteiger partial charge in [0.1, 0.15) is 0 Å². The van der Waals surface area contributed by atoms with Crippen molar-refractivity contribution in [1.82, 2.24) is 0 Å². The van der Waals surface area contributed by atoms with Crippen LogP contribution in [-0.4, -0.2) is 18.8 Å². The van der Waals surface area contributed by atoms with Gasteiger partial charge in [-0.3, -0.25) is 0 Å². The molecule has 0 rings (SSSR count). The first kappa shape index (κ1) is 13.0. The Morgan fingerprint density at radius 1 is 1.31 bits per heavy atom. The summed E-state index contributed by atoms with van der Waals surface area (Å²) in [6.07, 6.45) is 2.44. The molecule has 0 aromatic rings. The lowest BCUT2D eigenvalue weighted by molar-refractivity contribution is 0.0504. The molecule has 0 spiro atoms. The third-order valence-corrected chi connectivity index (χ3v) is 1.80. The normalized spacial score (nSPS) is 12.2. The second kappa shape index (κ2) is 5.66. The molecule has 0 saturated carbocycles. The SMILES string of the molecule is CCCC(C)(C)OB(C)OC(C)C. The van der Waals surface area contributed by atoms with E-state index >= 15 is 0 Å². The van der Waals surface area contributed by atoms with Crippen molar-refractivity contribution in [2.75, 3.05) is 0 Å². The van der Waals surface area contributed by atoms with Gasteiger partial charge >= 0.3 is 7.12 Å². The summed E-state index contributed by atoms with van der Waals surface area (Å²) < 4.78 is 11.3. The van der Waals surface area contributed by atoms with Crippen molar-refractivity contribution in [1.29, 1.82) is 0 Å². The highest BCUT2D eigenvalue weighted by molar-refractivity contribution is 6.42. The molecule has 0 aliphatic rings. The van der Waals surface area contributed by atoms with Crippen LogP contribution in [0.5, 0.6) is 0 Å². The van der Waals surface area contributed by atoms with E-state index in [1.807, 2.05) is 20.7 Å². The Balaban J connectivity index is 3.81. The van der Waals surface area contributed by atoms with Crippen molar-refractivity contribution in [3.05, 3.63) is 0 Å². The average Bonchev–Trinajstić information content (AvgIpc) is 1.81. The van der Waals surface area contributed by atoms with E-state index in [2.05, 4.69) is 20.8 Å². The quantitative estimate of drug-likeness (QED) is 0.593. The second-order valence-electron chi connectivity index (χ2n) is 4.38. The van der Waals surface area contributed by atoms with Gasteiger partial charge in [-0.1, -0.05) is 13.3 Å². The second-order valence-corrected chi connectivity index (χ2v) is 4.38. The maximum atomic E-state index is 5.77. The Kier molecular flexibility index (Phi) is 5.65. The fourth-order valence-corrected chi connectivity index (χ4v) is 1.52. The molecule has 0 radical (unpaired) electrons. The highest BCUT2D eigenvalue weighted by atomic mass is 16.6. The van der Waals surface area contributed by atoms with E-state index in [1.54, 1.807) is 0 Å². The molecule has 78 valence electrons. The Hall–Kier alpha value is -0.0151. The Morgan fingerprint density at radius 3 is 2.23 bits per heavy atom. The van der Waals surface area contributed by atoms with Gasteiger partial charge in [0.25, 0.3) is 0 Å². The van der Waals surface area contributed by atoms with Gasteiger partial charge in [-0.05, 0) is 40.9 Å². The monoisotopic (exact) mass is 186 g/mol. The Bertz CT molecular complexity index is 135. The van der Waals surface area contributed by atoms with Crippen LogP contribution in [-0.2, 0) is 9.31 Å². The summed E-state index contributed by atoms with van der Waals surface area (Å²) in [4.78, 5) is 0. The molecule has 0 aliphatic heterocycles. The minimum absolute atomic E-state index is 0.0664. The van der Waals surface area contributed by atoms with E-state index < -0.39 is 0 Å². The van der Waals surface area contributed by atoms with E-state index in [0.717, 1.165) is 12.8 Å². The molecule has 3 heteroatoms. The zero-order valence-corrected chi connectivity index (χ0v) is 9.89. The standard InChI is InChI=1S/C10H23BO2/c1-7-8-10(4,5)13-11(6)12-9(2)3/h9H,7-8H2,1-6H3. The van der Waals surface area contributed by atoms with Gasteiger partial charge in [-0.15, -0.1) is 0 Å². The Labute approximate surface area is 83.1 Å². The zero-order valence-electron chi connectivity index (χ0n) is 9.89. The molecule has 0 fully saturated rings. The summed E-state index contributed by atoms with van der Waals surface area (Å²) in [7, 11) is -0.110. The first-order valence-electron chi connectivity index (χ1n) is 5.20. The van der Waals surface area contributed by atoms with Crippen LogP contribution in [0.2, 0.25) is 6.82 Å². The molecule has 2 nitrogen and oxygen atoms in total. The molecule has 0 unspecified atom stereocenters. The fourth-order valence-electron chi connectivity index (χ4n) is 1.52. The summed E-state index contributed by atoms with van der Waals surface area (Å²) in [6.45, 7) is 12.4. The summed E-state index contributed by atoms with van der Waals surface area (Å²) in [5.74, 6) is 0. The van der Waals surface area contributed by atoms with Crippen LogP contribution in [0.3, 0.4) is 0 Å². The molecule has 0 atom stereocenters. The predicted octanol–water partition coefficient (Wildman–Crippen LogP) is 3.12. The Morgan fingerprint density at radius 2 is 1.85 bits per heavy atom. The first-order valence-corrected chi connectivity index (χ1v) is 5.20. The van der Waals surface area contributed by atoms with Crippen molar-refractivity contribution in [3.63, 3.8) is 0 Å². The van der Waals surface area contributed by atoms with E-state index in [0.29, 0.717) is 0 Å². The van der Waals surface area contributed by atoms with E-state index in [9.17, 15) is 0 Å². The number of hydrogen-bond acceptors (Lipinski definition) is 2. The van der Waals surface area contributed by atoms with Gasteiger partial charge in [0.2, 0.25) is 0 Å². The molecule has 0 aromatic heterocycles. The molecular weight excluding hydrogens is 163 g/mol. The van der Waals surface area contributed by atoms with Crippen LogP contribution in [0.1, 0.15) is 47.5 Å². The van der Waals surface area contributed by atoms with Crippen LogP contribution < -0.4 is 0 Å². The number of hydrogen-bond donors (Lipinski definition) is 0. The van der Waals surface area contributed by atoms with Gasteiger partial charge < -0.3 is 9.31 Å². The van der Waals surface area contributed by atoms with Crippen molar-refractivity contribution < 1.29 is 9.31 Å². The minimum Gasteiger partial charge on any atom is -0.409 e. The van der Waals surface area contributed by atoms with Gasteiger partial charge in [0.05, 0.1) is 0 Å².